The van der Waals surface area contributed by atoms with Crippen molar-refractivity contribution >= 4 is 17.8 Å². The van der Waals surface area contributed by atoms with E-state index in [1.807, 2.05) is 36.4 Å². The van der Waals surface area contributed by atoms with Crippen molar-refractivity contribution in [3.8, 4) is 11.3 Å². The monoisotopic (exact) mass is 340 g/mol. The zero-order valence-electron chi connectivity index (χ0n) is 14.9. The molecule has 128 valence electrons. The molecule has 0 bridgehead atoms. The summed E-state index contributed by atoms with van der Waals surface area (Å²) < 4.78 is 0. The molecular weight excluding hydrogens is 320 g/mol. The van der Waals surface area contributed by atoms with Crippen LogP contribution < -0.4 is 4.90 Å². The summed E-state index contributed by atoms with van der Waals surface area (Å²) in [6.07, 6.45) is 7.95. The second-order valence-electron chi connectivity index (χ2n) is 6.27. The Hall–Kier alpha value is -3.27. The molecule has 0 spiro atoms. The lowest BCUT2D eigenvalue weighted by molar-refractivity contribution is 0.942. The van der Waals surface area contributed by atoms with E-state index >= 15 is 0 Å². The smallest absolute Gasteiger partial charge is 0.177 e. The van der Waals surface area contributed by atoms with Crippen molar-refractivity contribution in [1.29, 1.82) is 0 Å². The van der Waals surface area contributed by atoms with E-state index in [-0.39, 0.29) is 0 Å². The van der Waals surface area contributed by atoms with Crippen molar-refractivity contribution in [1.82, 2.24) is 15.2 Å². The molecule has 0 fully saturated rings. The molecule has 0 atom stereocenters. The van der Waals surface area contributed by atoms with Crippen LogP contribution in [-0.4, -0.2) is 21.7 Å². The fourth-order valence-corrected chi connectivity index (χ4v) is 3.20. The second kappa shape index (κ2) is 6.92. The molecule has 4 nitrogen and oxygen atoms in total. The van der Waals surface area contributed by atoms with E-state index in [2.05, 4.69) is 64.3 Å². The third-order valence-corrected chi connectivity index (χ3v) is 4.46. The van der Waals surface area contributed by atoms with Crippen molar-refractivity contribution in [3.63, 3.8) is 0 Å². The lowest BCUT2D eigenvalue weighted by Crippen LogP contribution is -2.23. The molecule has 4 heteroatoms. The number of fused-ring (bicyclic) bond motifs is 1. The molecule has 26 heavy (non-hydrogen) atoms. The van der Waals surface area contributed by atoms with Gasteiger partial charge in [-0.3, -0.25) is 0 Å². The molecule has 2 heterocycles. The molecular formula is C22H20N4. The van der Waals surface area contributed by atoms with Gasteiger partial charge in [0.15, 0.2) is 5.82 Å². The van der Waals surface area contributed by atoms with Crippen LogP contribution >= 0.6 is 0 Å². The fourth-order valence-electron chi connectivity index (χ4n) is 3.20. The Balaban J connectivity index is 1.72. The number of hydrogen-bond donors (Lipinski definition) is 0. The summed E-state index contributed by atoms with van der Waals surface area (Å²) in [5, 5.41) is 8.33. The van der Waals surface area contributed by atoms with E-state index in [1.54, 1.807) is 6.20 Å². The van der Waals surface area contributed by atoms with Crippen LogP contribution in [0.15, 0.2) is 66.5 Å². The van der Waals surface area contributed by atoms with Crippen LogP contribution in [0.4, 0.5) is 5.69 Å². The van der Waals surface area contributed by atoms with Gasteiger partial charge in [-0.05, 0) is 37.6 Å². The minimum atomic E-state index is 0.611. The first-order valence-electron chi connectivity index (χ1n) is 8.77. The van der Waals surface area contributed by atoms with Crippen LogP contribution in [0.2, 0.25) is 0 Å². The summed E-state index contributed by atoms with van der Waals surface area (Å²) in [5.74, 6) is 0.611. The highest BCUT2D eigenvalue weighted by Crippen LogP contribution is 2.32. The van der Waals surface area contributed by atoms with Gasteiger partial charge in [-0.15, -0.1) is 5.10 Å². The molecule has 1 aliphatic heterocycles. The summed E-state index contributed by atoms with van der Waals surface area (Å²) in [4.78, 5) is 6.94. The fraction of sp³-hybridized carbons (Fsp3) is 0.136. The van der Waals surface area contributed by atoms with Crippen LogP contribution in [0.3, 0.4) is 0 Å². The Bertz CT molecular complexity index is 990. The number of benzene rings is 2. The molecule has 0 saturated carbocycles. The van der Waals surface area contributed by atoms with Gasteiger partial charge in [-0.2, -0.15) is 5.10 Å². The standard InChI is InChI=1S/C22H20N4/c1-3-26-19(11-10-18-13-16(2)9-12-21(18)26)14-22-24-20(15-23-25-22)17-7-5-4-6-8-17/h4-15H,3H2,1-2H3/b19-14-. The largest absolute Gasteiger partial charge is 0.341 e. The average molecular weight is 340 g/mol. The van der Waals surface area contributed by atoms with Gasteiger partial charge < -0.3 is 4.90 Å². The van der Waals surface area contributed by atoms with Crippen LogP contribution in [0, 0.1) is 6.92 Å². The molecule has 0 N–H and O–H groups in total. The topological polar surface area (TPSA) is 41.9 Å². The molecule has 1 aliphatic rings. The van der Waals surface area contributed by atoms with Gasteiger partial charge >= 0.3 is 0 Å². The predicted molar refractivity (Wildman–Crippen MR) is 106 cm³/mol. The van der Waals surface area contributed by atoms with E-state index in [1.165, 1.54) is 16.8 Å². The van der Waals surface area contributed by atoms with Crippen molar-refractivity contribution in [3.05, 3.63) is 83.5 Å². The lowest BCUT2D eigenvalue weighted by Gasteiger charge is -2.29. The SMILES string of the molecule is CCN1/C(=C\c2nncc(-c3ccccc3)n2)C=Cc2cc(C)ccc21. The molecule has 0 amide bonds. The van der Waals surface area contributed by atoms with Crippen LogP contribution in [-0.2, 0) is 0 Å². The highest BCUT2D eigenvalue weighted by Gasteiger charge is 2.16. The first-order valence-corrected chi connectivity index (χ1v) is 8.77. The normalized spacial score (nSPS) is 14.5. The van der Waals surface area contributed by atoms with Gasteiger partial charge in [0.2, 0.25) is 0 Å². The molecule has 0 radical (unpaired) electrons. The van der Waals surface area contributed by atoms with Crippen LogP contribution in [0.25, 0.3) is 23.4 Å². The number of allylic oxidation sites excluding steroid dienone is 1. The lowest BCUT2D eigenvalue weighted by atomic mass is 10.0. The van der Waals surface area contributed by atoms with Gasteiger partial charge in [0.1, 0.15) is 0 Å². The average Bonchev–Trinajstić information content (AvgIpc) is 2.69. The van der Waals surface area contributed by atoms with Gasteiger partial charge in [-0.1, -0.05) is 48.0 Å². The number of anilines is 1. The van der Waals surface area contributed by atoms with Crippen molar-refractivity contribution in [2.24, 2.45) is 0 Å². The first-order chi connectivity index (χ1) is 12.7. The van der Waals surface area contributed by atoms with E-state index in [9.17, 15) is 0 Å². The third-order valence-electron chi connectivity index (χ3n) is 4.46. The van der Waals surface area contributed by atoms with E-state index in [0.29, 0.717) is 5.82 Å². The quantitative estimate of drug-likeness (QED) is 0.690. The number of hydrogen-bond acceptors (Lipinski definition) is 4. The van der Waals surface area contributed by atoms with E-state index in [4.69, 9.17) is 0 Å². The molecule has 0 unspecified atom stereocenters. The number of likely N-dealkylation sites (N-methyl/N-ethyl adjacent to an activating group) is 1. The maximum absolute atomic E-state index is 4.67. The Morgan fingerprint density at radius 1 is 1.04 bits per heavy atom. The zero-order chi connectivity index (χ0) is 17.9. The molecule has 2 aromatic carbocycles. The van der Waals surface area contributed by atoms with Crippen LogP contribution in [0.1, 0.15) is 23.9 Å². The minimum absolute atomic E-state index is 0.611. The molecule has 1 aromatic heterocycles. The summed E-state index contributed by atoms with van der Waals surface area (Å²) in [6, 6.07) is 16.6. The number of aromatic nitrogens is 3. The van der Waals surface area contributed by atoms with Gasteiger partial charge in [0, 0.05) is 29.6 Å². The van der Waals surface area contributed by atoms with Crippen molar-refractivity contribution in [2.75, 3.05) is 11.4 Å². The summed E-state index contributed by atoms with van der Waals surface area (Å²) >= 11 is 0. The second-order valence-corrected chi connectivity index (χ2v) is 6.27. The summed E-state index contributed by atoms with van der Waals surface area (Å²) in [7, 11) is 0. The number of rotatable bonds is 3. The molecule has 0 saturated heterocycles. The highest BCUT2D eigenvalue weighted by atomic mass is 15.2. The minimum Gasteiger partial charge on any atom is -0.341 e. The Morgan fingerprint density at radius 2 is 1.88 bits per heavy atom. The number of aryl methyl sites for hydroxylation is 1. The molecule has 4 rings (SSSR count). The van der Waals surface area contributed by atoms with Crippen molar-refractivity contribution in [2.45, 2.75) is 13.8 Å². The Kier molecular flexibility index (Phi) is 4.32. The van der Waals surface area contributed by atoms with Gasteiger partial charge in [0.05, 0.1) is 11.9 Å². The van der Waals surface area contributed by atoms with Gasteiger partial charge in [-0.25, -0.2) is 4.98 Å². The highest BCUT2D eigenvalue weighted by molar-refractivity contribution is 5.79. The van der Waals surface area contributed by atoms with Crippen LogP contribution in [0.5, 0.6) is 0 Å². The number of nitrogens with zero attached hydrogens (tertiary/aromatic N) is 4. The molecule has 3 aromatic rings. The molecule has 0 aliphatic carbocycles. The van der Waals surface area contributed by atoms with Gasteiger partial charge in [0.25, 0.3) is 0 Å². The first kappa shape index (κ1) is 16.2. The maximum atomic E-state index is 4.67. The van der Waals surface area contributed by atoms with Crippen molar-refractivity contribution < 1.29 is 0 Å². The van der Waals surface area contributed by atoms with E-state index < -0.39 is 0 Å². The Morgan fingerprint density at radius 3 is 2.69 bits per heavy atom. The Labute approximate surface area is 153 Å². The third kappa shape index (κ3) is 3.14. The summed E-state index contributed by atoms with van der Waals surface area (Å²) in [5.41, 5.74) is 6.64. The summed E-state index contributed by atoms with van der Waals surface area (Å²) in [6.45, 7) is 5.14. The predicted octanol–water partition coefficient (Wildman–Crippen LogP) is 4.74. The van der Waals surface area contributed by atoms with E-state index in [0.717, 1.165) is 23.5 Å². The zero-order valence-corrected chi connectivity index (χ0v) is 14.9. The maximum Gasteiger partial charge on any atom is 0.177 e.